The molecule has 0 saturated heterocycles. The molecule has 0 aliphatic carbocycles. The largest absolute Gasteiger partial charge is 0.495 e. The third-order valence-corrected chi connectivity index (χ3v) is 5.39. The zero-order chi connectivity index (χ0) is 23.4. The highest BCUT2D eigenvalue weighted by atomic mass is 35.5. The lowest BCUT2D eigenvalue weighted by atomic mass is 10.1. The number of amides is 1. The molecule has 172 valence electrons. The molecule has 0 atom stereocenters. The highest BCUT2D eigenvalue weighted by molar-refractivity contribution is 6.32. The van der Waals surface area contributed by atoms with Crippen LogP contribution in [-0.2, 0) is 11.3 Å². The summed E-state index contributed by atoms with van der Waals surface area (Å²) in [6.07, 6.45) is 1.46. The predicted molar refractivity (Wildman–Crippen MR) is 126 cm³/mol. The van der Waals surface area contributed by atoms with Crippen LogP contribution in [0.4, 0.5) is 33.2 Å². The molecule has 1 aromatic heterocycles. The van der Waals surface area contributed by atoms with Gasteiger partial charge in [-0.25, -0.2) is 14.8 Å². The Morgan fingerprint density at radius 2 is 2.03 bits per heavy atom. The van der Waals surface area contributed by atoms with Crippen molar-refractivity contribution in [1.29, 1.82) is 0 Å². The fraction of sp³-hybridized carbons (Fsp3) is 0.227. The molecule has 0 fully saturated rings. The number of halogens is 2. The molecular formula is C22H23ClFN7O2. The number of rotatable bonds is 8. The van der Waals surface area contributed by atoms with Gasteiger partial charge in [0.1, 0.15) is 5.75 Å². The summed E-state index contributed by atoms with van der Waals surface area (Å²) in [5.74, 6) is 0.108. The Hall–Kier alpha value is -3.63. The molecule has 3 aromatic rings. The summed E-state index contributed by atoms with van der Waals surface area (Å²) in [5.41, 5.74) is 6.61. The third kappa shape index (κ3) is 5.24. The number of carbonyl (C=O) groups is 1. The maximum absolute atomic E-state index is 14.3. The second-order valence-corrected chi connectivity index (χ2v) is 7.65. The van der Waals surface area contributed by atoms with Crippen molar-refractivity contribution in [3.05, 3.63) is 59.0 Å². The van der Waals surface area contributed by atoms with Gasteiger partial charge in [-0.1, -0.05) is 17.7 Å². The maximum atomic E-state index is 14.3. The van der Waals surface area contributed by atoms with Crippen molar-refractivity contribution in [2.45, 2.75) is 13.0 Å². The van der Waals surface area contributed by atoms with Gasteiger partial charge in [0.2, 0.25) is 11.9 Å². The molecule has 0 unspecified atom stereocenters. The van der Waals surface area contributed by atoms with E-state index in [1.54, 1.807) is 25.2 Å². The molecule has 0 bridgehead atoms. The number of carbonyl (C=O) groups excluding carboxylic acids is 1. The van der Waals surface area contributed by atoms with Crippen LogP contribution < -0.4 is 31.1 Å². The SMILES string of the molecule is CNC(=O)CCN1NCc2ccc(Nc3ncc(F)c(Nc4ccc(OC)c(Cl)c4)n3)cc21. The van der Waals surface area contributed by atoms with Gasteiger partial charge in [-0.3, -0.25) is 4.79 Å². The zero-order valence-electron chi connectivity index (χ0n) is 18.1. The lowest BCUT2D eigenvalue weighted by Gasteiger charge is -2.19. The molecule has 11 heteroatoms. The van der Waals surface area contributed by atoms with Gasteiger partial charge in [0.25, 0.3) is 0 Å². The van der Waals surface area contributed by atoms with E-state index in [1.807, 2.05) is 23.2 Å². The number of nitrogens with one attached hydrogen (secondary N) is 4. The predicted octanol–water partition coefficient (Wildman–Crippen LogP) is 3.73. The Balaban J connectivity index is 1.50. The van der Waals surface area contributed by atoms with Crippen LogP contribution in [0.1, 0.15) is 12.0 Å². The molecule has 1 aliphatic heterocycles. The number of hydrazine groups is 1. The van der Waals surface area contributed by atoms with Gasteiger partial charge in [0.15, 0.2) is 11.6 Å². The first-order valence-corrected chi connectivity index (χ1v) is 10.6. The zero-order valence-corrected chi connectivity index (χ0v) is 18.8. The van der Waals surface area contributed by atoms with Crippen molar-refractivity contribution in [3.8, 4) is 5.75 Å². The fourth-order valence-electron chi connectivity index (χ4n) is 3.37. The van der Waals surface area contributed by atoms with Crippen molar-refractivity contribution in [3.63, 3.8) is 0 Å². The first kappa shape index (κ1) is 22.6. The quantitative estimate of drug-likeness (QED) is 0.394. The number of benzene rings is 2. The van der Waals surface area contributed by atoms with Crippen molar-refractivity contribution in [2.24, 2.45) is 0 Å². The molecule has 1 amide bonds. The van der Waals surface area contributed by atoms with Gasteiger partial charge >= 0.3 is 0 Å². The first-order valence-electron chi connectivity index (χ1n) is 10.2. The van der Waals surface area contributed by atoms with E-state index in [0.29, 0.717) is 36.0 Å². The van der Waals surface area contributed by atoms with Gasteiger partial charge in [-0.2, -0.15) is 4.98 Å². The molecule has 33 heavy (non-hydrogen) atoms. The van der Waals surface area contributed by atoms with E-state index >= 15 is 0 Å². The average Bonchev–Trinajstić information content (AvgIpc) is 3.22. The molecule has 4 rings (SSSR count). The Morgan fingerprint density at radius 3 is 2.79 bits per heavy atom. The first-order chi connectivity index (χ1) is 16.0. The Bertz CT molecular complexity index is 1180. The Labute approximate surface area is 195 Å². The molecule has 2 heterocycles. The smallest absolute Gasteiger partial charge is 0.229 e. The molecule has 0 radical (unpaired) electrons. The van der Waals surface area contributed by atoms with Crippen LogP contribution in [0, 0.1) is 5.82 Å². The minimum atomic E-state index is -0.606. The number of hydrogen-bond acceptors (Lipinski definition) is 8. The summed E-state index contributed by atoms with van der Waals surface area (Å²) in [6.45, 7) is 1.20. The van der Waals surface area contributed by atoms with E-state index in [4.69, 9.17) is 16.3 Å². The lowest BCUT2D eigenvalue weighted by Crippen LogP contribution is -2.35. The van der Waals surface area contributed by atoms with E-state index in [0.717, 1.165) is 23.1 Å². The number of ether oxygens (including phenoxy) is 1. The van der Waals surface area contributed by atoms with E-state index < -0.39 is 5.82 Å². The molecular weight excluding hydrogens is 449 g/mol. The minimum absolute atomic E-state index is 0.00349. The van der Waals surface area contributed by atoms with Crippen LogP contribution in [0.2, 0.25) is 5.02 Å². The van der Waals surface area contributed by atoms with Gasteiger partial charge in [-0.15, -0.1) is 0 Å². The van der Waals surface area contributed by atoms with Gasteiger partial charge < -0.3 is 25.7 Å². The molecule has 0 saturated carbocycles. The van der Waals surface area contributed by atoms with Crippen molar-refractivity contribution in [1.82, 2.24) is 20.7 Å². The Kier molecular flexibility index (Phi) is 6.76. The maximum Gasteiger partial charge on any atom is 0.229 e. The number of aromatic nitrogens is 2. The summed E-state index contributed by atoms with van der Waals surface area (Å²) in [6, 6.07) is 10.8. The molecule has 0 spiro atoms. The van der Waals surface area contributed by atoms with Crippen LogP contribution in [0.15, 0.2) is 42.6 Å². The number of anilines is 5. The standard InChI is InChI=1S/C22H23ClFN7O2/c1-25-20(32)7-8-31-18-10-15(4-3-13(18)11-27-31)29-22-26-12-17(24)21(30-22)28-14-5-6-19(33-2)16(23)9-14/h3-6,9-10,12,27H,7-8,11H2,1-2H3,(H,25,32)(H2,26,28,29,30). The van der Waals surface area contributed by atoms with Gasteiger partial charge in [0.05, 0.1) is 24.0 Å². The molecule has 2 aromatic carbocycles. The summed E-state index contributed by atoms with van der Waals surface area (Å²) < 4.78 is 19.5. The number of fused-ring (bicyclic) bond motifs is 1. The molecule has 1 aliphatic rings. The molecule has 4 N–H and O–H groups in total. The van der Waals surface area contributed by atoms with E-state index in [-0.39, 0.29) is 17.7 Å². The van der Waals surface area contributed by atoms with Crippen molar-refractivity contribution < 1.29 is 13.9 Å². The minimum Gasteiger partial charge on any atom is -0.495 e. The van der Waals surface area contributed by atoms with Crippen molar-refractivity contribution >= 4 is 46.3 Å². The van der Waals surface area contributed by atoms with Crippen molar-refractivity contribution in [2.75, 3.05) is 36.3 Å². The topological polar surface area (TPSA) is 103 Å². The summed E-state index contributed by atoms with van der Waals surface area (Å²) in [7, 11) is 3.14. The van der Waals surface area contributed by atoms with Crippen LogP contribution >= 0.6 is 11.6 Å². The van der Waals surface area contributed by atoms with Crippen LogP contribution in [0.25, 0.3) is 0 Å². The normalized spacial score (nSPS) is 12.3. The van der Waals surface area contributed by atoms with Crippen LogP contribution in [0.5, 0.6) is 5.75 Å². The van der Waals surface area contributed by atoms with E-state index in [1.165, 1.54) is 7.11 Å². The lowest BCUT2D eigenvalue weighted by molar-refractivity contribution is -0.120. The fourth-order valence-corrected chi connectivity index (χ4v) is 3.63. The average molecular weight is 472 g/mol. The van der Waals surface area contributed by atoms with Crippen LogP contribution in [0.3, 0.4) is 0 Å². The third-order valence-electron chi connectivity index (χ3n) is 5.09. The summed E-state index contributed by atoms with van der Waals surface area (Å²) in [4.78, 5) is 19.9. The van der Waals surface area contributed by atoms with Crippen LogP contribution in [-0.4, -0.2) is 36.6 Å². The second-order valence-electron chi connectivity index (χ2n) is 7.24. The Morgan fingerprint density at radius 1 is 1.24 bits per heavy atom. The van der Waals surface area contributed by atoms with Gasteiger partial charge in [-0.05, 0) is 35.9 Å². The van der Waals surface area contributed by atoms with E-state index in [9.17, 15) is 9.18 Å². The monoisotopic (exact) mass is 471 g/mol. The number of hydrogen-bond donors (Lipinski definition) is 4. The van der Waals surface area contributed by atoms with E-state index in [2.05, 4.69) is 31.3 Å². The number of nitrogens with zero attached hydrogens (tertiary/aromatic N) is 3. The number of methoxy groups -OCH3 is 1. The van der Waals surface area contributed by atoms with Gasteiger partial charge in [0, 0.05) is 37.9 Å². The summed E-state index contributed by atoms with van der Waals surface area (Å²) in [5, 5.41) is 11.0. The highest BCUT2D eigenvalue weighted by Gasteiger charge is 2.20. The second kappa shape index (κ2) is 9.88. The molecule has 9 nitrogen and oxygen atoms in total. The summed E-state index contributed by atoms with van der Waals surface area (Å²) >= 11 is 6.15. The highest BCUT2D eigenvalue weighted by Crippen LogP contribution is 2.31.